The van der Waals surface area contributed by atoms with Crippen molar-refractivity contribution >= 4 is 23.2 Å². The van der Waals surface area contributed by atoms with Crippen LogP contribution in [0, 0.1) is 0 Å². The van der Waals surface area contributed by atoms with E-state index in [4.69, 9.17) is 0 Å². The van der Waals surface area contributed by atoms with E-state index in [-0.39, 0.29) is 0 Å². The standard InChI is InChI=1S/C16H14N2/c1-9-5-11-12-6-10(2)8-14(12)16-15(13(11)7-9)17-3-4-18-16/h3-4,7-8H,5-6H2,1-2H3. The Morgan fingerprint density at radius 3 is 1.67 bits per heavy atom. The second kappa shape index (κ2) is 3.29. The predicted molar refractivity (Wildman–Crippen MR) is 74.2 cm³/mol. The molecule has 88 valence electrons. The van der Waals surface area contributed by atoms with Crippen molar-refractivity contribution in [3.8, 4) is 0 Å². The van der Waals surface area contributed by atoms with Gasteiger partial charge >= 0.3 is 0 Å². The molecule has 0 saturated carbocycles. The Kier molecular flexibility index (Phi) is 1.83. The van der Waals surface area contributed by atoms with Crippen molar-refractivity contribution in [2.24, 2.45) is 0 Å². The van der Waals surface area contributed by atoms with Crippen LogP contribution in [-0.4, -0.2) is 9.97 Å². The molecule has 0 spiro atoms. The van der Waals surface area contributed by atoms with E-state index in [0.29, 0.717) is 0 Å². The lowest BCUT2D eigenvalue weighted by Crippen LogP contribution is -1.98. The Morgan fingerprint density at radius 1 is 0.778 bits per heavy atom. The van der Waals surface area contributed by atoms with Crippen molar-refractivity contribution in [1.82, 2.24) is 9.97 Å². The highest BCUT2D eigenvalue weighted by atomic mass is 14.8. The molecule has 0 amide bonds. The monoisotopic (exact) mass is 234 g/mol. The molecule has 2 heteroatoms. The summed E-state index contributed by atoms with van der Waals surface area (Å²) in [6.07, 6.45) is 10.3. The van der Waals surface area contributed by atoms with Crippen molar-refractivity contribution < 1.29 is 0 Å². The molecule has 0 radical (unpaired) electrons. The number of nitrogens with zero attached hydrogens (tertiary/aromatic N) is 2. The lowest BCUT2D eigenvalue weighted by Gasteiger charge is -2.11. The van der Waals surface area contributed by atoms with Crippen molar-refractivity contribution in [2.75, 3.05) is 0 Å². The van der Waals surface area contributed by atoms with Crippen LogP contribution in [0.3, 0.4) is 0 Å². The Hall–Kier alpha value is -1.96. The molecule has 0 saturated heterocycles. The van der Waals surface area contributed by atoms with Crippen LogP contribution < -0.4 is 0 Å². The molecule has 0 bridgehead atoms. The third-order valence-electron chi connectivity index (χ3n) is 3.92. The molecule has 2 aliphatic rings. The van der Waals surface area contributed by atoms with Gasteiger partial charge in [-0.05, 0) is 37.8 Å². The third kappa shape index (κ3) is 1.18. The Morgan fingerprint density at radius 2 is 1.22 bits per heavy atom. The second-order valence-electron chi connectivity index (χ2n) is 5.37. The van der Waals surface area contributed by atoms with Crippen molar-refractivity contribution in [3.05, 3.63) is 45.8 Å². The van der Waals surface area contributed by atoms with Crippen molar-refractivity contribution in [1.29, 1.82) is 0 Å². The minimum absolute atomic E-state index is 1.06. The van der Waals surface area contributed by atoms with E-state index >= 15 is 0 Å². The summed E-state index contributed by atoms with van der Waals surface area (Å²) in [5.74, 6) is 0. The normalized spacial score (nSPS) is 16.6. The molecule has 1 aromatic carbocycles. The lowest BCUT2D eigenvalue weighted by molar-refractivity contribution is 1.10. The zero-order valence-electron chi connectivity index (χ0n) is 10.6. The van der Waals surface area contributed by atoms with Crippen LogP contribution in [0.4, 0.5) is 0 Å². The van der Waals surface area contributed by atoms with Crippen LogP contribution >= 0.6 is 0 Å². The van der Waals surface area contributed by atoms with Gasteiger partial charge in [0.05, 0.1) is 11.0 Å². The SMILES string of the molecule is CC1=Cc2c(c3c(c4nccnc24)C=C(C)C3)C1. The molecule has 0 fully saturated rings. The van der Waals surface area contributed by atoms with E-state index in [1.807, 2.05) is 0 Å². The van der Waals surface area contributed by atoms with Crippen LogP contribution in [0.15, 0.2) is 23.5 Å². The predicted octanol–water partition coefficient (Wildman–Crippen LogP) is 3.55. The largest absolute Gasteiger partial charge is 0.252 e. The fraction of sp³-hybridized carbons (Fsp3) is 0.250. The van der Waals surface area contributed by atoms with Crippen LogP contribution in [0.5, 0.6) is 0 Å². The molecule has 1 heterocycles. The number of rotatable bonds is 0. The van der Waals surface area contributed by atoms with E-state index in [2.05, 4.69) is 36.0 Å². The van der Waals surface area contributed by atoms with Gasteiger partial charge in [-0.1, -0.05) is 23.3 Å². The summed E-state index contributed by atoms with van der Waals surface area (Å²) in [4.78, 5) is 9.11. The molecule has 2 aromatic rings. The number of hydrogen-bond donors (Lipinski definition) is 0. The Bertz CT molecular complexity index is 687. The maximum Gasteiger partial charge on any atom is 0.0968 e. The third-order valence-corrected chi connectivity index (χ3v) is 3.92. The van der Waals surface area contributed by atoms with Crippen LogP contribution in [0.2, 0.25) is 0 Å². The van der Waals surface area contributed by atoms with Crippen molar-refractivity contribution in [3.63, 3.8) is 0 Å². The maximum atomic E-state index is 4.55. The molecule has 0 unspecified atom stereocenters. The fourth-order valence-corrected chi connectivity index (χ4v) is 3.21. The highest BCUT2D eigenvalue weighted by Crippen LogP contribution is 2.40. The van der Waals surface area contributed by atoms with Gasteiger partial charge in [-0.25, -0.2) is 0 Å². The Labute approximate surface area is 106 Å². The smallest absolute Gasteiger partial charge is 0.0968 e. The minimum Gasteiger partial charge on any atom is -0.252 e. The summed E-state index contributed by atoms with van der Waals surface area (Å²) in [5, 5.41) is 0. The number of fused-ring (bicyclic) bond motifs is 6. The van der Waals surface area contributed by atoms with Gasteiger partial charge in [-0.15, -0.1) is 0 Å². The first kappa shape index (κ1) is 10.0. The first-order valence-electron chi connectivity index (χ1n) is 6.37. The highest BCUT2D eigenvalue weighted by molar-refractivity contribution is 5.97. The molecule has 0 aliphatic heterocycles. The zero-order valence-corrected chi connectivity index (χ0v) is 10.6. The van der Waals surface area contributed by atoms with Crippen LogP contribution in [0.1, 0.15) is 36.1 Å². The topological polar surface area (TPSA) is 25.8 Å². The van der Waals surface area contributed by atoms with E-state index in [0.717, 1.165) is 23.9 Å². The van der Waals surface area contributed by atoms with Crippen molar-refractivity contribution in [2.45, 2.75) is 26.7 Å². The van der Waals surface area contributed by atoms with Gasteiger partial charge in [0.2, 0.25) is 0 Å². The summed E-state index contributed by atoms with van der Waals surface area (Å²) < 4.78 is 0. The van der Waals surface area contributed by atoms with E-state index in [1.165, 1.54) is 33.4 Å². The number of aromatic nitrogens is 2. The quantitative estimate of drug-likeness (QED) is 0.696. The number of allylic oxidation sites excluding steroid dienone is 2. The molecule has 0 atom stereocenters. The van der Waals surface area contributed by atoms with Gasteiger partial charge in [0.25, 0.3) is 0 Å². The number of benzene rings is 1. The van der Waals surface area contributed by atoms with E-state index in [1.54, 1.807) is 12.4 Å². The second-order valence-corrected chi connectivity index (χ2v) is 5.37. The van der Waals surface area contributed by atoms with Gasteiger partial charge in [0.1, 0.15) is 0 Å². The molecular weight excluding hydrogens is 220 g/mol. The molecule has 0 N–H and O–H groups in total. The summed E-state index contributed by atoms with van der Waals surface area (Å²) >= 11 is 0. The average molecular weight is 234 g/mol. The highest BCUT2D eigenvalue weighted by Gasteiger charge is 2.25. The molecule has 1 aromatic heterocycles. The number of hydrogen-bond acceptors (Lipinski definition) is 2. The summed E-state index contributed by atoms with van der Waals surface area (Å²) in [5.41, 5.74) is 10.5. The summed E-state index contributed by atoms with van der Waals surface area (Å²) in [7, 11) is 0. The van der Waals surface area contributed by atoms with Gasteiger partial charge in [-0.2, -0.15) is 0 Å². The van der Waals surface area contributed by atoms with Crippen LogP contribution in [-0.2, 0) is 12.8 Å². The fourth-order valence-electron chi connectivity index (χ4n) is 3.21. The molecule has 2 aliphatic carbocycles. The van der Waals surface area contributed by atoms with Gasteiger partial charge in [0.15, 0.2) is 0 Å². The molecular formula is C16H14N2. The van der Waals surface area contributed by atoms with E-state index < -0.39 is 0 Å². The average Bonchev–Trinajstić information content (AvgIpc) is 2.92. The first-order chi connectivity index (χ1) is 8.74. The maximum absolute atomic E-state index is 4.55. The molecule has 2 nitrogen and oxygen atoms in total. The lowest BCUT2D eigenvalue weighted by atomic mass is 9.95. The first-order valence-corrected chi connectivity index (χ1v) is 6.37. The molecule has 4 rings (SSSR count). The summed E-state index contributed by atoms with van der Waals surface area (Å²) in [6.45, 7) is 4.40. The van der Waals surface area contributed by atoms with E-state index in [9.17, 15) is 0 Å². The Balaban J connectivity index is 2.19. The van der Waals surface area contributed by atoms with Gasteiger partial charge in [0, 0.05) is 23.5 Å². The van der Waals surface area contributed by atoms with Crippen LogP contribution in [0.25, 0.3) is 23.2 Å². The zero-order chi connectivity index (χ0) is 12.3. The summed E-state index contributed by atoms with van der Waals surface area (Å²) in [6, 6.07) is 0. The van der Waals surface area contributed by atoms with Gasteiger partial charge < -0.3 is 0 Å². The minimum atomic E-state index is 1.06. The van der Waals surface area contributed by atoms with Gasteiger partial charge in [-0.3, -0.25) is 9.97 Å². The molecule has 18 heavy (non-hydrogen) atoms.